The predicted octanol–water partition coefficient (Wildman–Crippen LogP) is 8.64. The molecule has 0 amide bonds. The van der Waals surface area contributed by atoms with Crippen LogP contribution < -0.4 is 4.74 Å². The fourth-order valence-electron chi connectivity index (χ4n) is 3.86. The van der Waals surface area contributed by atoms with Crippen molar-refractivity contribution in [1.29, 1.82) is 0 Å². The highest BCUT2D eigenvalue weighted by molar-refractivity contribution is 5.58. The van der Waals surface area contributed by atoms with Gasteiger partial charge in [-0.3, -0.25) is 0 Å². The number of hydrogen-bond acceptors (Lipinski definition) is 3. The molecule has 228 valence electrons. The van der Waals surface area contributed by atoms with Crippen molar-refractivity contribution in [1.82, 2.24) is 9.97 Å². The summed E-state index contributed by atoms with van der Waals surface area (Å²) >= 11 is 0. The maximum atomic E-state index is 14.7. The molecule has 0 bridgehead atoms. The Bertz CT molecular complexity index is 1720. The highest BCUT2D eigenvalue weighted by atomic mass is 19.4. The number of ether oxygens (including phenoxy) is 1. The summed E-state index contributed by atoms with van der Waals surface area (Å²) in [5.74, 6) is -8.49. The van der Waals surface area contributed by atoms with E-state index in [1.165, 1.54) is 12.4 Å². The van der Waals surface area contributed by atoms with Gasteiger partial charge >= 0.3 is 12.3 Å². The fourth-order valence-corrected chi connectivity index (χ4v) is 3.86. The van der Waals surface area contributed by atoms with Crippen LogP contribution in [0.1, 0.15) is 34.2 Å². The maximum absolute atomic E-state index is 14.7. The van der Waals surface area contributed by atoms with Crippen LogP contribution in [0.2, 0.25) is 0 Å². The van der Waals surface area contributed by atoms with Gasteiger partial charge in [0, 0.05) is 35.7 Å². The van der Waals surface area contributed by atoms with Crippen molar-refractivity contribution in [2.45, 2.75) is 25.1 Å². The molecule has 0 aliphatic rings. The van der Waals surface area contributed by atoms with Crippen LogP contribution in [0.4, 0.5) is 48.3 Å². The molecule has 4 rings (SSSR count). The Balaban J connectivity index is 1.59. The van der Waals surface area contributed by atoms with E-state index in [1.807, 2.05) is 11.8 Å². The predicted molar refractivity (Wildman–Crippen MR) is 134 cm³/mol. The average Bonchev–Trinajstić information content (AvgIpc) is 2.89. The third-order valence-corrected chi connectivity index (χ3v) is 5.85. The molecule has 0 radical (unpaired) electrons. The fraction of sp³-hybridized carbons (Fsp3) is 0.133. The Labute approximate surface area is 241 Å². The van der Waals surface area contributed by atoms with E-state index in [4.69, 9.17) is 0 Å². The van der Waals surface area contributed by atoms with Crippen molar-refractivity contribution >= 4 is 0 Å². The molecular formula is C30H15F11N2O. The minimum Gasteiger partial charge on any atom is -0.429 e. The lowest BCUT2D eigenvalue weighted by Gasteiger charge is -2.20. The number of nitrogens with zero attached hydrogens (tertiary/aromatic N) is 2. The van der Waals surface area contributed by atoms with Crippen LogP contribution in [-0.2, 0) is 18.7 Å². The summed E-state index contributed by atoms with van der Waals surface area (Å²) < 4.78 is 157. The van der Waals surface area contributed by atoms with Gasteiger partial charge in [0.25, 0.3) is 0 Å². The molecule has 0 unspecified atom stereocenters. The standard InChI is InChI=1S/C30H15F11N2O/c1-2-3-4-16-13-42-28(43-14-16)17-9-20(31)19(21(32)10-17)6-5-15-7-22(33)27(23(34)8-15)30(40,41)44-18-11-24(35)26(25(36)12-18)29(37,38)39/h2,7-14H,1,3-4H2. The van der Waals surface area contributed by atoms with Crippen molar-refractivity contribution in [3.63, 3.8) is 0 Å². The topological polar surface area (TPSA) is 35.0 Å². The van der Waals surface area contributed by atoms with Crippen LogP contribution in [0.5, 0.6) is 5.75 Å². The van der Waals surface area contributed by atoms with Gasteiger partial charge < -0.3 is 4.74 Å². The number of halogens is 11. The van der Waals surface area contributed by atoms with E-state index in [0.29, 0.717) is 12.8 Å². The Morgan fingerprint density at radius 1 is 0.705 bits per heavy atom. The first-order valence-electron chi connectivity index (χ1n) is 12.2. The van der Waals surface area contributed by atoms with Gasteiger partial charge in [0.15, 0.2) is 5.82 Å². The van der Waals surface area contributed by atoms with Crippen LogP contribution in [0.25, 0.3) is 11.4 Å². The van der Waals surface area contributed by atoms with Crippen LogP contribution >= 0.6 is 0 Å². The first-order valence-corrected chi connectivity index (χ1v) is 12.2. The summed E-state index contributed by atoms with van der Waals surface area (Å²) in [5, 5.41) is 0. The number of rotatable bonds is 7. The van der Waals surface area contributed by atoms with Crippen LogP contribution in [0.3, 0.4) is 0 Å². The van der Waals surface area contributed by atoms with Crippen molar-refractivity contribution < 1.29 is 53.0 Å². The molecule has 0 fully saturated rings. The SMILES string of the molecule is C=CCCc1cnc(-c2cc(F)c(C#Cc3cc(F)c(C(F)(F)Oc4cc(F)c(C(F)(F)F)c(F)c4)c(F)c3)c(F)c2)nc1. The number of aryl methyl sites for hydroxylation is 1. The molecule has 0 saturated heterocycles. The first-order chi connectivity index (χ1) is 20.6. The van der Waals surface area contributed by atoms with E-state index >= 15 is 0 Å². The maximum Gasteiger partial charge on any atom is 0.432 e. The van der Waals surface area contributed by atoms with Gasteiger partial charge in [0.1, 0.15) is 51.8 Å². The summed E-state index contributed by atoms with van der Waals surface area (Å²) in [6, 6.07) is 1.75. The zero-order valence-electron chi connectivity index (χ0n) is 21.8. The quantitative estimate of drug-likeness (QED) is 0.117. The molecule has 3 nitrogen and oxygen atoms in total. The van der Waals surface area contributed by atoms with Gasteiger partial charge in [-0.1, -0.05) is 17.9 Å². The van der Waals surface area contributed by atoms with Crippen molar-refractivity contribution in [3.05, 3.63) is 124 Å². The monoisotopic (exact) mass is 628 g/mol. The molecule has 0 N–H and O–H groups in total. The largest absolute Gasteiger partial charge is 0.432 e. The van der Waals surface area contributed by atoms with E-state index in [0.717, 1.165) is 17.7 Å². The second-order valence-electron chi connectivity index (χ2n) is 9.00. The molecule has 0 saturated carbocycles. The molecule has 0 aliphatic heterocycles. The lowest BCUT2D eigenvalue weighted by atomic mass is 10.1. The molecule has 14 heteroatoms. The van der Waals surface area contributed by atoms with Gasteiger partial charge in [-0.05, 0) is 42.7 Å². The molecule has 0 aliphatic carbocycles. The average molecular weight is 628 g/mol. The van der Waals surface area contributed by atoms with Crippen molar-refractivity contribution in [2.75, 3.05) is 0 Å². The van der Waals surface area contributed by atoms with E-state index in [2.05, 4.69) is 21.3 Å². The van der Waals surface area contributed by atoms with E-state index in [-0.39, 0.29) is 35.7 Å². The molecule has 1 aromatic heterocycles. The summed E-state index contributed by atoms with van der Waals surface area (Å²) in [6.07, 6.45) is -4.60. The molecule has 3 aromatic carbocycles. The minimum atomic E-state index is -5.51. The van der Waals surface area contributed by atoms with E-state index in [1.54, 1.807) is 6.08 Å². The van der Waals surface area contributed by atoms with Crippen LogP contribution in [0.15, 0.2) is 61.4 Å². The Kier molecular flexibility index (Phi) is 8.98. The molecule has 44 heavy (non-hydrogen) atoms. The Morgan fingerprint density at radius 3 is 1.73 bits per heavy atom. The molecule has 0 atom stereocenters. The molecule has 0 spiro atoms. The van der Waals surface area contributed by atoms with Gasteiger partial charge in [0.05, 0.1) is 5.56 Å². The zero-order valence-corrected chi connectivity index (χ0v) is 21.8. The summed E-state index contributed by atoms with van der Waals surface area (Å²) in [4.78, 5) is 8.10. The minimum absolute atomic E-state index is 0.00527. The molecule has 4 aromatic rings. The number of hydrogen-bond donors (Lipinski definition) is 0. The highest BCUT2D eigenvalue weighted by Crippen LogP contribution is 2.39. The molecule has 1 heterocycles. The zero-order chi connectivity index (χ0) is 32.4. The normalized spacial score (nSPS) is 11.6. The van der Waals surface area contributed by atoms with Gasteiger partial charge in [-0.25, -0.2) is 36.3 Å². The second kappa shape index (κ2) is 12.4. The highest BCUT2D eigenvalue weighted by Gasteiger charge is 2.43. The molecular weight excluding hydrogens is 613 g/mol. The Hall–Kier alpha value is -4.93. The number of aromatic nitrogens is 2. The van der Waals surface area contributed by atoms with Gasteiger partial charge in [-0.15, -0.1) is 6.58 Å². The number of allylic oxidation sites excluding steroid dienone is 1. The van der Waals surface area contributed by atoms with Gasteiger partial charge in [0.2, 0.25) is 0 Å². The number of alkyl halides is 5. The third kappa shape index (κ3) is 6.99. The smallest absolute Gasteiger partial charge is 0.429 e. The lowest BCUT2D eigenvalue weighted by molar-refractivity contribution is -0.189. The summed E-state index contributed by atoms with van der Waals surface area (Å²) in [5.41, 5.74) is -5.25. The summed E-state index contributed by atoms with van der Waals surface area (Å²) in [6.45, 7) is 3.60. The lowest BCUT2D eigenvalue weighted by Crippen LogP contribution is -2.25. The third-order valence-electron chi connectivity index (χ3n) is 5.85. The first kappa shape index (κ1) is 32.0. The Morgan fingerprint density at radius 2 is 1.23 bits per heavy atom. The van der Waals surface area contributed by atoms with Crippen molar-refractivity contribution in [2.24, 2.45) is 0 Å². The van der Waals surface area contributed by atoms with E-state index < -0.39 is 75.2 Å². The number of benzene rings is 3. The van der Waals surface area contributed by atoms with Crippen LogP contribution in [0, 0.1) is 46.7 Å². The van der Waals surface area contributed by atoms with Gasteiger partial charge in [-0.2, -0.15) is 22.0 Å². The van der Waals surface area contributed by atoms with Crippen LogP contribution in [-0.4, -0.2) is 9.97 Å². The van der Waals surface area contributed by atoms with E-state index in [9.17, 15) is 48.3 Å². The summed E-state index contributed by atoms with van der Waals surface area (Å²) in [7, 11) is 0. The second-order valence-corrected chi connectivity index (χ2v) is 9.00. The van der Waals surface area contributed by atoms with Crippen molar-refractivity contribution in [3.8, 4) is 29.0 Å².